The minimum atomic E-state index is -0.759. The molecule has 17 heavy (non-hydrogen) atoms. The van der Waals surface area contributed by atoms with E-state index < -0.39 is 12.0 Å². The van der Waals surface area contributed by atoms with Crippen molar-refractivity contribution >= 4 is 11.7 Å². The molecule has 1 aliphatic rings. The van der Waals surface area contributed by atoms with Crippen LogP contribution in [0.1, 0.15) is 18.9 Å². The van der Waals surface area contributed by atoms with Crippen molar-refractivity contribution in [3.8, 4) is 11.8 Å². The molecule has 2 rings (SSSR count). The molecule has 1 N–H and O–H groups in total. The molecule has 0 saturated carbocycles. The fourth-order valence-electron chi connectivity index (χ4n) is 2.25. The van der Waals surface area contributed by atoms with Crippen molar-refractivity contribution in [2.24, 2.45) is 0 Å². The first-order chi connectivity index (χ1) is 8.24. The van der Waals surface area contributed by atoms with Crippen molar-refractivity contribution in [1.29, 1.82) is 0 Å². The summed E-state index contributed by atoms with van der Waals surface area (Å²) in [5.41, 5.74) is 2.15. The molecule has 0 bridgehead atoms. The fraction of sp³-hybridized carbons (Fsp3) is 0.357. The van der Waals surface area contributed by atoms with Crippen LogP contribution in [0.2, 0.25) is 0 Å². The molecule has 3 heteroatoms. The first-order valence-electron chi connectivity index (χ1n) is 5.71. The van der Waals surface area contributed by atoms with Gasteiger partial charge in [-0.15, -0.1) is 11.8 Å². The van der Waals surface area contributed by atoms with E-state index in [-0.39, 0.29) is 0 Å². The van der Waals surface area contributed by atoms with Crippen LogP contribution in [0, 0.1) is 11.8 Å². The Bertz CT molecular complexity index is 484. The van der Waals surface area contributed by atoms with Crippen molar-refractivity contribution in [3.63, 3.8) is 0 Å². The van der Waals surface area contributed by atoms with E-state index in [2.05, 4.69) is 11.8 Å². The minimum Gasteiger partial charge on any atom is -0.480 e. The number of nitrogens with zero attached hydrogens (tertiary/aromatic N) is 1. The molecule has 1 atom stereocenters. The van der Waals surface area contributed by atoms with Gasteiger partial charge >= 0.3 is 5.97 Å². The topological polar surface area (TPSA) is 40.5 Å². The Morgan fingerprint density at radius 2 is 2.29 bits per heavy atom. The number of para-hydroxylation sites is 1. The first kappa shape index (κ1) is 11.5. The van der Waals surface area contributed by atoms with Gasteiger partial charge in [0, 0.05) is 25.1 Å². The highest BCUT2D eigenvalue weighted by Crippen LogP contribution is 2.31. The van der Waals surface area contributed by atoms with Gasteiger partial charge in [0.2, 0.25) is 0 Å². The summed E-state index contributed by atoms with van der Waals surface area (Å²) < 4.78 is 0. The van der Waals surface area contributed by atoms with E-state index in [0.29, 0.717) is 19.4 Å². The van der Waals surface area contributed by atoms with Crippen molar-refractivity contribution in [3.05, 3.63) is 29.8 Å². The van der Waals surface area contributed by atoms with E-state index in [0.717, 1.165) is 11.3 Å². The molecule has 1 aromatic rings. The van der Waals surface area contributed by atoms with Gasteiger partial charge in [-0.25, -0.2) is 4.79 Å². The quantitative estimate of drug-likeness (QED) is 0.805. The standard InChI is InChI=1S/C14H15NO2/c1-2-3-6-9-15-12-8-5-4-7-11(12)10-13(15)14(16)17/h4-5,7-8,13H,6,9-10H2,1H3,(H,16,17). The predicted molar refractivity (Wildman–Crippen MR) is 67.0 cm³/mol. The highest BCUT2D eigenvalue weighted by molar-refractivity contribution is 5.82. The Morgan fingerprint density at radius 1 is 1.53 bits per heavy atom. The number of aliphatic carboxylic acids is 1. The molecule has 0 amide bonds. The van der Waals surface area contributed by atoms with E-state index >= 15 is 0 Å². The zero-order valence-electron chi connectivity index (χ0n) is 9.81. The zero-order valence-corrected chi connectivity index (χ0v) is 9.81. The molecule has 1 aromatic carbocycles. The lowest BCUT2D eigenvalue weighted by atomic mass is 10.1. The monoisotopic (exact) mass is 229 g/mol. The van der Waals surface area contributed by atoms with Crippen LogP contribution in [-0.4, -0.2) is 23.7 Å². The lowest BCUT2D eigenvalue weighted by Gasteiger charge is -2.23. The number of rotatable bonds is 3. The number of fused-ring (bicyclic) bond motifs is 1. The summed E-state index contributed by atoms with van der Waals surface area (Å²) in [7, 11) is 0. The van der Waals surface area contributed by atoms with Crippen molar-refractivity contribution in [2.45, 2.75) is 25.8 Å². The molecular formula is C14H15NO2. The van der Waals surface area contributed by atoms with Crippen LogP contribution < -0.4 is 4.90 Å². The number of hydrogen-bond acceptors (Lipinski definition) is 2. The lowest BCUT2D eigenvalue weighted by Crippen LogP contribution is -2.39. The Morgan fingerprint density at radius 3 is 3.00 bits per heavy atom. The molecule has 1 aliphatic heterocycles. The van der Waals surface area contributed by atoms with Crippen LogP contribution in [-0.2, 0) is 11.2 Å². The van der Waals surface area contributed by atoms with E-state index in [1.165, 1.54) is 0 Å². The van der Waals surface area contributed by atoms with Crippen LogP contribution >= 0.6 is 0 Å². The smallest absolute Gasteiger partial charge is 0.326 e. The molecule has 1 heterocycles. The number of carbonyl (C=O) groups is 1. The number of carboxylic acids is 1. The van der Waals surface area contributed by atoms with Crippen molar-refractivity contribution in [2.75, 3.05) is 11.4 Å². The van der Waals surface area contributed by atoms with E-state index in [1.54, 1.807) is 6.92 Å². The average Bonchev–Trinajstić information content (AvgIpc) is 2.69. The van der Waals surface area contributed by atoms with Crippen LogP contribution in [0.15, 0.2) is 24.3 Å². The SMILES string of the molecule is CC#CCCN1c2ccccc2CC1C(=O)O. The highest BCUT2D eigenvalue weighted by atomic mass is 16.4. The predicted octanol–water partition coefficient (Wildman–Crippen LogP) is 1.92. The Balaban J connectivity index is 2.23. The summed E-state index contributed by atoms with van der Waals surface area (Å²) in [6.07, 6.45) is 1.29. The average molecular weight is 229 g/mol. The third-order valence-electron chi connectivity index (χ3n) is 3.03. The summed E-state index contributed by atoms with van der Waals surface area (Å²) in [6.45, 7) is 2.47. The van der Waals surface area contributed by atoms with Gasteiger partial charge in [-0.2, -0.15) is 0 Å². The molecule has 0 fully saturated rings. The van der Waals surface area contributed by atoms with Crippen molar-refractivity contribution in [1.82, 2.24) is 0 Å². The van der Waals surface area contributed by atoms with Gasteiger partial charge in [0.25, 0.3) is 0 Å². The van der Waals surface area contributed by atoms with E-state index in [1.807, 2.05) is 29.2 Å². The van der Waals surface area contributed by atoms with Gasteiger partial charge in [-0.3, -0.25) is 0 Å². The number of carboxylic acid groups (broad SMARTS) is 1. The molecule has 88 valence electrons. The van der Waals surface area contributed by atoms with Gasteiger partial charge in [0.15, 0.2) is 0 Å². The van der Waals surface area contributed by atoms with Crippen LogP contribution in [0.25, 0.3) is 0 Å². The summed E-state index contributed by atoms with van der Waals surface area (Å²) in [6, 6.07) is 7.44. The maximum absolute atomic E-state index is 11.2. The summed E-state index contributed by atoms with van der Waals surface area (Å²) >= 11 is 0. The third-order valence-corrected chi connectivity index (χ3v) is 3.03. The molecule has 1 unspecified atom stereocenters. The highest BCUT2D eigenvalue weighted by Gasteiger charge is 2.33. The maximum atomic E-state index is 11.2. The summed E-state index contributed by atoms with van der Waals surface area (Å²) in [5.74, 6) is 5.06. The summed E-state index contributed by atoms with van der Waals surface area (Å²) in [5, 5.41) is 9.23. The zero-order chi connectivity index (χ0) is 12.3. The number of benzene rings is 1. The second-order valence-electron chi connectivity index (χ2n) is 4.06. The fourth-order valence-corrected chi connectivity index (χ4v) is 2.25. The molecule has 0 aromatic heterocycles. The van der Waals surface area contributed by atoms with E-state index in [4.69, 9.17) is 0 Å². The summed E-state index contributed by atoms with van der Waals surface area (Å²) in [4.78, 5) is 13.2. The Hall–Kier alpha value is -1.95. The molecular weight excluding hydrogens is 214 g/mol. The molecule has 0 saturated heterocycles. The van der Waals surface area contributed by atoms with Crippen LogP contribution in [0.5, 0.6) is 0 Å². The Kier molecular flexibility index (Phi) is 3.34. The van der Waals surface area contributed by atoms with Gasteiger partial charge in [0.1, 0.15) is 6.04 Å². The molecule has 0 spiro atoms. The van der Waals surface area contributed by atoms with Gasteiger partial charge in [-0.1, -0.05) is 18.2 Å². The third kappa shape index (κ3) is 2.26. The van der Waals surface area contributed by atoms with Gasteiger partial charge < -0.3 is 10.0 Å². The number of hydrogen-bond donors (Lipinski definition) is 1. The maximum Gasteiger partial charge on any atom is 0.326 e. The van der Waals surface area contributed by atoms with Crippen LogP contribution in [0.4, 0.5) is 5.69 Å². The lowest BCUT2D eigenvalue weighted by molar-refractivity contribution is -0.138. The van der Waals surface area contributed by atoms with Crippen LogP contribution in [0.3, 0.4) is 0 Å². The largest absolute Gasteiger partial charge is 0.480 e. The van der Waals surface area contributed by atoms with Gasteiger partial charge in [-0.05, 0) is 18.6 Å². The first-order valence-corrected chi connectivity index (χ1v) is 5.71. The van der Waals surface area contributed by atoms with Crippen molar-refractivity contribution < 1.29 is 9.90 Å². The molecule has 0 radical (unpaired) electrons. The second kappa shape index (κ2) is 4.92. The van der Waals surface area contributed by atoms with E-state index in [9.17, 15) is 9.90 Å². The second-order valence-corrected chi connectivity index (χ2v) is 4.06. The van der Waals surface area contributed by atoms with Gasteiger partial charge in [0.05, 0.1) is 0 Å². The Labute approximate surface area is 101 Å². The molecule has 3 nitrogen and oxygen atoms in total. The minimum absolute atomic E-state index is 0.439. The number of anilines is 1. The molecule has 0 aliphatic carbocycles. The normalized spacial score (nSPS) is 17.2.